The van der Waals surface area contributed by atoms with E-state index in [0.717, 1.165) is 45.4 Å². The molecule has 0 radical (unpaired) electrons. The number of ether oxygens (including phenoxy) is 2. The summed E-state index contributed by atoms with van der Waals surface area (Å²) >= 11 is 0. The largest absolute Gasteiger partial charge is 0.383 e. The molecule has 6 nitrogen and oxygen atoms in total. The van der Waals surface area contributed by atoms with Crippen LogP contribution in [0.3, 0.4) is 0 Å². The predicted octanol–water partition coefficient (Wildman–Crippen LogP) is 2.62. The van der Waals surface area contributed by atoms with Crippen LogP contribution < -0.4 is 10.6 Å². The Bertz CT molecular complexity index is 519. The minimum atomic E-state index is 0. The van der Waals surface area contributed by atoms with Crippen LogP contribution in [0, 0.1) is 11.3 Å². The standard InChI is InChI=1S/C21H38N4O2.HI/c1-3-22-20(23-16-6-11-25(12-7-16)13-15-26-2)24-18-17-8-14-27-19(17)21(18)9-4-5-10-21;/h16-19H,3-15H2,1-2H3,(H2,22,23,24);1H. The van der Waals surface area contributed by atoms with Crippen molar-refractivity contribution in [3.05, 3.63) is 0 Å². The monoisotopic (exact) mass is 506 g/mol. The number of nitrogens with zero attached hydrogens (tertiary/aromatic N) is 2. The van der Waals surface area contributed by atoms with E-state index in [4.69, 9.17) is 14.5 Å². The van der Waals surface area contributed by atoms with E-state index in [1.54, 1.807) is 7.11 Å². The molecular formula is C21H39IN4O2. The van der Waals surface area contributed by atoms with Gasteiger partial charge in [0.2, 0.25) is 0 Å². The SMILES string of the molecule is CCN=C(NC1CCN(CCOC)CC1)NC1C2CCOC2C12CCCC2.I. The molecule has 3 unspecified atom stereocenters. The number of fused-ring (bicyclic) bond motifs is 2. The highest BCUT2D eigenvalue weighted by molar-refractivity contribution is 14.0. The number of aliphatic imine (C=N–C) groups is 1. The van der Waals surface area contributed by atoms with Gasteiger partial charge in [-0.25, -0.2) is 0 Å². The minimum Gasteiger partial charge on any atom is -0.383 e. The lowest BCUT2D eigenvalue weighted by Crippen LogP contribution is -2.69. The van der Waals surface area contributed by atoms with Gasteiger partial charge >= 0.3 is 0 Å². The van der Waals surface area contributed by atoms with Crippen LogP contribution in [0.5, 0.6) is 0 Å². The molecule has 1 spiro atoms. The number of methoxy groups -OCH3 is 1. The maximum Gasteiger partial charge on any atom is 0.191 e. The van der Waals surface area contributed by atoms with Crippen LogP contribution in [0.4, 0.5) is 0 Å². The average Bonchev–Trinajstić information content (AvgIpc) is 3.34. The number of guanidine groups is 1. The van der Waals surface area contributed by atoms with Crippen molar-refractivity contribution in [2.24, 2.45) is 16.3 Å². The van der Waals surface area contributed by atoms with E-state index in [2.05, 4.69) is 22.5 Å². The van der Waals surface area contributed by atoms with Gasteiger partial charge in [-0.05, 0) is 39.0 Å². The minimum absolute atomic E-state index is 0. The lowest BCUT2D eigenvalue weighted by Gasteiger charge is -2.57. The Morgan fingerprint density at radius 2 is 1.93 bits per heavy atom. The summed E-state index contributed by atoms with van der Waals surface area (Å²) in [6, 6.07) is 1.07. The van der Waals surface area contributed by atoms with Crippen molar-refractivity contribution in [3.63, 3.8) is 0 Å². The smallest absolute Gasteiger partial charge is 0.191 e. The number of rotatable bonds is 6. The number of hydrogen-bond acceptors (Lipinski definition) is 4. The molecule has 3 atom stereocenters. The second kappa shape index (κ2) is 10.3. The zero-order valence-corrected chi connectivity index (χ0v) is 20.0. The Kier molecular flexibility index (Phi) is 8.27. The normalized spacial score (nSPS) is 32.6. The van der Waals surface area contributed by atoms with Crippen molar-refractivity contribution in [2.45, 2.75) is 70.1 Å². The molecule has 2 aliphatic heterocycles. The molecule has 0 aromatic carbocycles. The Labute approximate surface area is 187 Å². The average molecular weight is 506 g/mol. The predicted molar refractivity (Wildman–Crippen MR) is 124 cm³/mol. The molecule has 4 rings (SSSR count). The highest BCUT2D eigenvalue weighted by Gasteiger charge is 2.65. The van der Waals surface area contributed by atoms with Crippen LogP contribution >= 0.6 is 24.0 Å². The molecule has 0 amide bonds. The van der Waals surface area contributed by atoms with Crippen LogP contribution in [0.15, 0.2) is 4.99 Å². The van der Waals surface area contributed by atoms with E-state index in [-0.39, 0.29) is 24.0 Å². The van der Waals surface area contributed by atoms with Gasteiger partial charge in [0.15, 0.2) is 5.96 Å². The fourth-order valence-electron chi connectivity index (χ4n) is 6.06. The van der Waals surface area contributed by atoms with Gasteiger partial charge in [-0.1, -0.05) is 12.8 Å². The van der Waals surface area contributed by atoms with E-state index < -0.39 is 0 Å². The molecule has 0 aromatic heterocycles. The lowest BCUT2D eigenvalue weighted by atomic mass is 9.54. The Hall–Kier alpha value is -0.120. The number of likely N-dealkylation sites (tertiary alicyclic amines) is 1. The lowest BCUT2D eigenvalue weighted by molar-refractivity contribution is -0.125. The molecule has 4 aliphatic rings. The molecule has 2 N–H and O–H groups in total. The van der Waals surface area contributed by atoms with E-state index in [9.17, 15) is 0 Å². The fourth-order valence-corrected chi connectivity index (χ4v) is 6.06. The van der Waals surface area contributed by atoms with Crippen molar-refractivity contribution in [2.75, 3.05) is 46.5 Å². The van der Waals surface area contributed by atoms with Gasteiger partial charge in [-0.3, -0.25) is 4.99 Å². The number of piperidine rings is 1. The molecule has 4 fully saturated rings. The highest BCUT2D eigenvalue weighted by atomic mass is 127. The summed E-state index contributed by atoms with van der Waals surface area (Å²) in [5, 5.41) is 7.64. The molecular weight excluding hydrogens is 467 g/mol. The second-order valence-corrected chi connectivity index (χ2v) is 8.88. The first-order valence-corrected chi connectivity index (χ1v) is 11.2. The first-order chi connectivity index (χ1) is 13.3. The molecule has 28 heavy (non-hydrogen) atoms. The van der Waals surface area contributed by atoms with Gasteiger partial charge in [0, 0.05) is 63.3 Å². The summed E-state index contributed by atoms with van der Waals surface area (Å²) in [7, 11) is 1.78. The van der Waals surface area contributed by atoms with Gasteiger partial charge in [0.1, 0.15) is 0 Å². The van der Waals surface area contributed by atoms with Gasteiger partial charge < -0.3 is 25.0 Å². The van der Waals surface area contributed by atoms with Gasteiger partial charge in [-0.15, -0.1) is 24.0 Å². The van der Waals surface area contributed by atoms with E-state index in [1.807, 2.05) is 0 Å². The highest BCUT2D eigenvalue weighted by Crippen LogP contribution is 2.60. The quantitative estimate of drug-likeness (QED) is 0.330. The Morgan fingerprint density at radius 3 is 2.61 bits per heavy atom. The van der Waals surface area contributed by atoms with Crippen LogP contribution in [-0.4, -0.2) is 75.5 Å². The van der Waals surface area contributed by atoms with E-state index in [1.165, 1.54) is 44.9 Å². The molecule has 7 heteroatoms. The Balaban J connectivity index is 0.00000225. The van der Waals surface area contributed by atoms with E-state index in [0.29, 0.717) is 29.5 Å². The van der Waals surface area contributed by atoms with Gasteiger partial charge in [0.05, 0.1) is 12.7 Å². The number of halogens is 1. The van der Waals surface area contributed by atoms with Gasteiger partial charge in [-0.2, -0.15) is 0 Å². The third-order valence-electron chi connectivity index (χ3n) is 7.43. The van der Waals surface area contributed by atoms with Crippen LogP contribution in [0.25, 0.3) is 0 Å². The molecule has 162 valence electrons. The molecule has 0 bridgehead atoms. The maximum atomic E-state index is 6.14. The maximum absolute atomic E-state index is 6.14. The van der Waals surface area contributed by atoms with Crippen molar-refractivity contribution < 1.29 is 9.47 Å². The summed E-state index contributed by atoms with van der Waals surface area (Å²) < 4.78 is 11.4. The summed E-state index contributed by atoms with van der Waals surface area (Å²) in [6.07, 6.45) is 9.44. The van der Waals surface area contributed by atoms with Crippen LogP contribution in [0.1, 0.15) is 51.9 Å². The van der Waals surface area contributed by atoms with Crippen LogP contribution in [0.2, 0.25) is 0 Å². The third kappa shape index (κ3) is 4.47. The zero-order valence-electron chi connectivity index (χ0n) is 17.6. The molecule has 2 aliphatic carbocycles. The summed E-state index contributed by atoms with van der Waals surface area (Å²) in [5.41, 5.74) is 0.376. The molecule has 0 aromatic rings. The van der Waals surface area contributed by atoms with Crippen molar-refractivity contribution in [1.29, 1.82) is 0 Å². The zero-order chi connectivity index (χ0) is 18.7. The topological polar surface area (TPSA) is 58.1 Å². The summed E-state index contributed by atoms with van der Waals surface area (Å²) in [5.74, 6) is 1.72. The van der Waals surface area contributed by atoms with Gasteiger partial charge in [0.25, 0.3) is 0 Å². The molecule has 2 saturated carbocycles. The third-order valence-corrected chi connectivity index (χ3v) is 7.43. The first-order valence-electron chi connectivity index (χ1n) is 11.2. The number of hydrogen-bond donors (Lipinski definition) is 2. The van der Waals surface area contributed by atoms with Crippen molar-refractivity contribution >= 4 is 29.9 Å². The summed E-state index contributed by atoms with van der Waals surface area (Å²) in [4.78, 5) is 7.30. The van der Waals surface area contributed by atoms with Crippen LogP contribution in [-0.2, 0) is 9.47 Å². The summed E-state index contributed by atoms with van der Waals surface area (Å²) in [6.45, 7) is 8.07. The Morgan fingerprint density at radius 1 is 1.18 bits per heavy atom. The second-order valence-electron chi connectivity index (χ2n) is 8.88. The van der Waals surface area contributed by atoms with E-state index >= 15 is 0 Å². The fraction of sp³-hybridized carbons (Fsp3) is 0.952. The molecule has 2 saturated heterocycles. The molecule has 2 heterocycles. The van der Waals surface area contributed by atoms with Crippen molar-refractivity contribution in [3.8, 4) is 0 Å². The first kappa shape index (κ1) is 22.6. The van der Waals surface area contributed by atoms with Crippen molar-refractivity contribution in [1.82, 2.24) is 15.5 Å². The number of nitrogens with one attached hydrogen (secondary N) is 2.